The van der Waals surface area contributed by atoms with Crippen molar-refractivity contribution >= 4 is 5.91 Å². The van der Waals surface area contributed by atoms with Crippen LogP contribution in [0.3, 0.4) is 0 Å². The van der Waals surface area contributed by atoms with Crippen LogP contribution in [0.4, 0.5) is 8.78 Å². The molecule has 0 spiro atoms. The van der Waals surface area contributed by atoms with Gasteiger partial charge in [-0.1, -0.05) is 0 Å². The predicted molar refractivity (Wildman–Crippen MR) is 111 cm³/mol. The third kappa shape index (κ3) is 4.84. The van der Waals surface area contributed by atoms with Crippen LogP contribution < -0.4 is 4.74 Å². The van der Waals surface area contributed by atoms with Crippen molar-refractivity contribution in [3.63, 3.8) is 0 Å². The SMILES string of the molecule is CCN(CC)C(=O)CCc1c(C)nn(-c2ccc(F)cc2)c1Oc1ccc(F)cc1. The molecule has 1 amide bonds. The summed E-state index contributed by atoms with van der Waals surface area (Å²) < 4.78 is 34.3. The van der Waals surface area contributed by atoms with E-state index in [1.807, 2.05) is 20.8 Å². The van der Waals surface area contributed by atoms with Crippen molar-refractivity contribution in [1.82, 2.24) is 14.7 Å². The van der Waals surface area contributed by atoms with Crippen molar-refractivity contribution in [3.05, 3.63) is 71.4 Å². The number of nitrogens with zero attached hydrogens (tertiary/aromatic N) is 3. The van der Waals surface area contributed by atoms with E-state index < -0.39 is 0 Å². The summed E-state index contributed by atoms with van der Waals surface area (Å²) in [5.74, 6) is 0.208. The highest BCUT2D eigenvalue weighted by Gasteiger charge is 2.21. The zero-order valence-electron chi connectivity index (χ0n) is 17.4. The van der Waals surface area contributed by atoms with E-state index in [0.717, 1.165) is 5.56 Å². The Balaban J connectivity index is 1.97. The largest absolute Gasteiger partial charge is 0.439 e. The molecule has 0 aliphatic heterocycles. The zero-order valence-corrected chi connectivity index (χ0v) is 17.4. The molecule has 1 aromatic heterocycles. The topological polar surface area (TPSA) is 47.4 Å². The Hall–Kier alpha value is -3.22. The second-order valence-corrected chi connectivity index (χ2v) is 6.88. The summed E-state index contributed by atoms with van der Waals surface area (Å²) in [6.07, 6.45) is 0.760. The van der Waals surface area contributed by atoms with Crippen LogP contribution in [-0.4, -0.2) is 33.7 Å². The number of benzene rings is 2. The molecule has 0 fully saturated rings. The number of halogens is 2. The van der Waals surface area contributed by atoms with Crippen LogP contribution in [0.1, 0.15) is 31.5 Å². The highest BCUT2D eigenvalue weighted by Crippen LogP contribution is 2.31. The molecular weight excluding hydrogens is 388 g/mol. The Labute approximate surface area is 174 Å². The number of carbonyl (C=O) groups excluding carboxylic acids is 1. The zero-order chi connectivity index (χ0) is 21.7. The molecule has 7 heteroatoms. The van der Waals surface area contributed by atoms with E-state index >= 15 is 0 Å². The van der Waals surface area contributed by atoms with Gasteiger partial charge in [-0.3, -0.25) is 4.79 Å². The van der Waals surface area contributed by atoms with Gasteiger partial charge in [-0.15, -0.1) is 0 Å². The quantitative estimate of drug-likeness (QED) is 0.519. The molecule has 0 radical (unpaired) electrons. The van der Waals surface area contributed by atoms with Gasteiger partial charge in [0.15, 0.2) is 0 Å². The number of rotatable bonds is 8. The van der Waals surface area contributed by atoms with Gasteiger partial charge in [-0.2, -0.15) is 5.10 Å². The van der Waals surface area contributed by atoms with E-state index in [1.165, 1.54) is 36.4 Å². The molecule has 0 saturated heterocycles. The summed E-state index contributed by atoms with van der Waals surface area (Å²) in [5.41, 5.74) is 2.12. The lowest BCUT2D eigenvalue weighted by molar-refractivity contribution is -0.130. The van der Waals surface area contributed by atoms with Crippen LogP contribution >= 0.6 is 0 Å². The highest BCUT2D eigenvalue weighted by atomic mass is 19.1. The standard InChI is InChI=1S/C23H25F2N3O2/c1-4-27(5-2)22(29)15-14-21-16(3)26-28(19-10-6-17(24)7-11-19)23(21)30-20-12-8-18(25)9-13-20/h6-13H,4-5,14-15H2,1-3H3. The second kappa shape index (κ2) is 9.52. The minimum Gasteiger partial charge on any atom is -0.439 e. The van der Waals surface area contributed by atoms with E-state index in [0.29, 0.717) is 48.9 Å². The minimum absolute atomic E-state index is 0.0571. The number of aryl methyl sites for hydroxylation is 1. The fourth-order valence-corrected chi connectivity index (χ4v) is 3.27. The Morgan fingerprint density at radius 2 is 1.57 bits per heavy atom. The molecule has 0 saturated carbocycles. The smallest absolute Gasteiger partial charge is 0.226 e. The molecule has 0 atom stereocenters. The molecule has 0 aliphatic carbocycles. The van der Waals surface area contributed by atoms with Gasteiger partial charge in [-0.05, 0) is 75.7 Å². The molecule has 0 N–H and O–H groups in total. The van der Waals surface area contributed by atoms with Crippen LogP contribution in [0.25, 0.3) is 5.69 Å². The van der Waals surface area contributed by atoms with Crippen molar-refractivity contribution in [2.45, 2.75) is 33.6 Å². The van der Waals surface area contributed by atoms with Crippen molar-refractivity contribution in [3.8, 4) is 17.3 Å². The van der Waals surface area contributed by atoms with E-state index in [9.17, 15) is 13.6 Å². The molecule has 2 aromatic carbocycles. The maximum atomic E-state index is 13.4. The fourth-order valence-electron chi connectivity index (χ4n) is 3.27. The third-order valence-corrected chi connectivity index (χ3v) is 4.94. The maximum Gasteiger partial charge on any atom is 0.226 e. The number of hydrogen-bond donors (Lipinski definition) is 0. The minimum atomic E-state index is -0.365. The average molecular weight is 413 g/mol. The molecule has 0 unspecified atom stereocenters. The van der Waals surface area contributed by atoms with Crippen LogP contribution in [-0.2, 0) is 11.2 Å². The summed E-state index contributed by atoms with van der Waals surface area (Å²) in [5, 5.41) is 4.56. The van der Waals surface area contributed by atoms with Gasteiger partial charge in [0.1, 0.15) is 17.4 Å². The van der Waals surface area contributed by atoms with Crippen LogP contribution in [0.5, 0.6) is 11.6 Å². The molecule has 30 heavy (non-hydrogen) atoms. The number of amides is 1. The molecule has 5 nitrogen and oxygen atoms in total. The summed E-state index contributed by atoms with van der Waals surface area (Å²) in [7, 11) is 0. The molecule has 0 bridgehead atoms. The lowest BCUT2D eigenvalue weighted by atomic mass is 10.1. The summed E-state index contributed by atoms with van der Waals surface area (Å²) in [4.78, 5) is 14.3. The lowest BCUT2D eigenvalue weighted by Gasteiger charge is -2.18. The van der Waals surface area contributed by atoms with Gasteiger partial charge in [0.25, 0.3) is 0 Å². The number of carbonyl (C=O) groups is 1. The first-order chi connectivity index (χ1) is 14.4. The van der Waals surface area contributed by atoms with Crippen molar-refractivity contribution in [1.29, 1.82) is 0 Å². The fraction of sp³-hybridized carbons (Fsp3) is 0.304. The number of aromatic nitrogens is 2. The van der Waals surface area contributed by atoms with Crippen molar-refractivity contribution < 1.29 is 18.3 Å². The van der Waals surface area contributed by atoms with Gasteiger partial charge < -0.3 is 9.64 Å². The predicted octanol–water partition coefficient (Wildman–Crippen LogP) is 5.05. The van der Waals surface area contributed by atoms with E-state index in [2.05, 4.69) is 5.10 Å². The number of hydrogen-bond acceptors (Lipinski definition) is 3. The first-order valence-corrected chi connectivity index (χ1v) is 9.98. The van der Waals surface area contributed by atoms with Crippen molar-refractivity contribution in [2.24, 2.45) is 0 Å². The van der Waals surface area contributed by atoms with Gasteiger partial charge in [0, 0.05) is 25.1 Å². The third-order valence-electron chi connectivity index (χ3n) is 4.94. The molecule has 1 heterocycles. The van der Waals surface area contributed by atoms with Gasteiger partial charge in [0.2, 0.25) is 11.8 Å². The molecule has 0 aliphatic rings. The Morgan fingerprint density at radius 3 is 2.13 bits per heavy atom. The first-order valence-electron chi connectivity index (χ1n) is 9.98. The van der Waals surface area contributed by atoms with Gasteiger partial charge in [-0.25, -0.2) is 13.5 Å². The van der Waals surface area contributed by atoms with Gasteiger partial charge >= 0.3 is 0 Å². The van der Waals surface area contributed by atoms with Crippen LogP contribution in [0.15, 0.2) is 48.5 Å². The summed E-state index contributed by atoms with van der Waals surface area (Å²) >= 11 is 0. The summed E-state index contributed by atoms with van der Waals surface area (Å²) in [6.45, 7) is 7.05. The van der Waals surface area contributed by atoms with E-state index in [4.69, 9.17) is 4.74 Å². The van der Waals surface area contributed by atoms with Crippen LogP contribution in [0, 0.1) is 18.6 Å². The highest BCUT2D eigenvalue weighted by molar-refractivity contribution is 5.76. The second-order valence-electron chi connectivity index (χ2n) is 6.88. The Kier molecular flexibility index (Phi) is 6.82. The Bertz CT molecular complexity index is 995. The van der Waals surface area contributed by atoms with Gasteiger partial charge in [0.05, 0.1) is 11.4 Å². The Morgan fingerprint density at radius 1 is 1.00 bits per heavy atom. The van der Waals surface area contributed by atoms with Crippen molar-refractivity contribution in [2.75, 3.05) is 13.1 Å². The lowest BCUT2D eigenvalue weighted by Crippen LogP contribution is -2.30. The average Bonchev–Trinajstić information content (AvgIpc) is 3.04. The molecular formula is C23H25F2N3O2. The van der Waals surface area contributed by atoms with E-state index in [1.54, 1.807) is 21.7 Å². The maximum absolute atomic E-state index is 13.4. The molecule has 3 rings (SSSR count). The molecule has 3 aromatic rings. The first kappa shape index (κ1) is 21.5. The normalized spacial score (nSPS) is 10.8. The van der Waals surface area contributed by atoms with Crippen LogP contribution in [0.2, 0.25) is 0 Å². The molecule has 158 valence electrons. The summed E-state index contributed by atoms with van der Waals surface area (Å²) in [6, 6.07) is 11.6. The number of ether oxygens (including phenoxy) is 1. The van der Waals surface area contributed by atoms with E-state index in [-0.39, 0.29) is 17.5 Å². The monoisotopic (exact) mass is 413 g/mol.